The highest BCUT2D eigenvalue weighted by molar-refractivity contribution is 6.30. The monoisotopic (exact) mass is 351 g/mol. The second kappa shape index (κ2) is 7.38. The zero-order valence-corrected chi connectivity index (χ0v) is 14.3. The molecule has 24 heavy (non-hydrogen) atoms. The van der Waals surface area contributed by atoms with Crippen molar-refractivity contribution in [1.29, 1.82) is 0 Å². The number of carboxylic acids is 1. The summed E-state index contributed by atoms with van der Waals surface area (Å²) in [6.07, 6.45) is 5.41. The third-order valence-corrected chi connectivity index (χ3v) is 5.17. The molecule has 6 nitrogen and oxygen atoms in total. The summed E-state index contributed by atoms with van der Waals surface area (Å²) in [6, 6.07) is 3.05. The summed E-state index contributed by atoms with van der Waals surface area (Å²) >= 11 is 5.86. The quantitative estimate of drug-likeness (QED) is 0.905. The molecule has 0 saturated carbocycles. The minimum absolute atomic E-state index is 0.00538. The fourth-order valence-corrected chi connectivity index (χ4v) is 3.71. The number of rotatable bonds is 3. The van der Waals surface area contributed by atoms with Gasteiger partial charge in [-0.1, -0.05) is 11.6 Å². The number of hydrogen-bond donors (Lipinski definition) is 1. The van der Waals surface area contributed by atoms with Gasteiger partial charge in [0.2, 0.25) is 5.91 Å². The molecule has 3 rings (SSSR count). The number of likely N-dealkylation sites (tertiary alicyclic amines) is 1. The van der Waals surface area contributed by atoms with Crippen LogP contribution >= 0.6 is 11.6 Å². The van der Waals surface area contributed by atoms with Crippen LogP contribution in [0.15, 0.2) is 18.3 Å². The van der Waals surface area contributed by atoms with Gasteiger partial charge in [-0.15, -0.1) is 0 Å². The summed E-state index contributed by atoms with van der Waals surface area (Å²) in [7, 11) is 0. The number of amides is 1. The fraction of sp³-hybridized carbons (Fsp3) is 0.588. The molecule has 1 aromatic heterocycles. The van der Waals surface area contributed by atoms with Gasteiger partial charge in [0.1, 0.15) is 11.9 Å². The highest BCUT2D eigenvalue weighted by atomic mass is 35.5. The van der Waals surface area contributed by atoms with Crippen LogP contribution in [0.1, 0.15) is 32.1 Å². The maximum absolute atomic E-state index is 12.8. The fourth-order valence-electron chi connectivity index (χ4n) is 3.60. The number of aliphatic carboxylic acids is 1. The molecule has 1 N–H and O–H groups in total. The Kier molecular flexibility index (Phi) is 5.23. The van der Waals surface area contributed by atoms with Gasteiger partial charge in [0, 0.05) is 31.7 Å². The van der Waals surface area contributed by atoms with Crippen molar-refractivity contribution in [3.8, 4) is 0 Å². The zero-order chi connectivity index (χ0) is 17.1. The van der Waals surface area contributed by atoms with Gasteiger partial charge in [0.25, 0.3) is 0 Å². The Balaban J connectivity index is 1.60. The lowest BCUT2D eigenvalue weighted by molar-refractivity contribution is -0.154. The first-order chi connectivity index (χ1) is 11.6. The molecule has 0 spiro atoms. The Hall–Kier alpha value is -1.82. The van der Waals surface area contributed by atoms with Crippen molar-refractivity contribution in [2.75, 3.05) is 24.5 Å². The Labute approximate surface area is 146 Å². The van der Waals surface area contributed by atoms with Gasteiger partial charge in [0.15, 0.2) is 0 Å². The van der Waals surface area contributed by atoms with E-state index in [0.29, 0.717) is 18.0 Å². The van der Waals surface area contributed by atoms with Gasteiger partial charge in [-0.25, -0.2) is 9.78 Å². The molecule has 3 heterocycles. The Morgan fingerprint density at radius 2 is 1.88 bits per heavy atom. The first-order valence-corrected chi connectivity index (χ1v) is 8.84. The van der Waals surface area contributed by atoms with Crippen molar-refractivity contribution in [1.82, 2.24) is 9.88 Å². The Bertz CT molecular complexity index is 600. The maximum Gasteiger partial charge on any atom is 0.326 e. The van der Waals surface area contributed by atoms with Gasteiger partial charge >= 0.3 is 5.97 Å². The molecular weight excluding hydrogens is 330 g/mol. The minimum atomic E-state index is -0.883. The molecule has 7 heteroatoms. The first-order valence-electron chi connectivity index (χ1n) is 8.46. The van der Waals surface area contributed by atoms with Crippen molar-refractivity contribution < 1.29 is 14.7 Å². The van der Waals surface area contributed by atoms with Crippen LogP contribution in [-0.4, -0.2) is 52.5 Å². The molecule has 1 atom stereocenters. The lowest BCUT2D eigenvalue weighted by Crippen LogP contribution is -2.51. The van der Waals surface area contributed by atoms with Crippen molar-refractivity contribution >= 4 is 29.3 Å². The van der Waals surface area contributed by atoms with E-state index in [0.717, 1.165) is 44.6 Å². The van der Waals surface area contributed by atoms with E-state index in [-0.39, 0.29) is 11.8 Å². The Morgan fingerprint density at radius 1 is 1.12 bits per heavy atom. The molecule has 1 aromatic rings. The van der Waals surface area contributed by atoms with Crippen LogP contribution in [0.4, 0.5) is 5.82 Å². The molecule has 2 aliphatic heterocycles. The second-order valence-corrected chi connectivity index (χ2v) is 6.91. The van der Waals surface area contributed by atoms with Crippen LogP contribution in [0.5, 0.6) is 0 Å². The molecule has 2 fully saturated rings. The van der Waals surface area contributed by atoms with E-state index in [9.17, 15) is 14.7 Å². The molecule has 2 aliphatic rings. The topological polar surface area (TPSA) is 73.7 Å². The molecule has 0 bridgehead atoms. The van der Waals surface area contributed by atoms with Crippen molar-refractivity contribution in [3.63, 3.8) is 0 Å². The summed E-state index contributed by atoms with van der Waals surface area (Å²) in [5.74, 6) is -0.100. The molecule has 2 saturated heterocycles. The normalized spacial score (nSPS) is 22.5. The van der Waals surface area contributed by atoms with E-state index in [1.54, 1.807) is 11.1 Å². The number of pyridine rings is 1. The standard InChI is InChI=1S/C17H22ClN3O3/c18-13-4-5-15(19-11-13)20-9-6-12(7-10-20)16(22)21-8-2-1-3-14(21)17(23)24/h4-5,11-12,14H,1-3,6-10H2,(H,23,24)/t14-/m0/s1. The molecule has 0 aliphatic carbocycles. The van der Waals surface area contributed by atoms with Gasteiger partial charge < -0.3 is 14.9 Å². The highest BCUT2D eigenvalue weighted by Gasteiger charge is 2.36. The van der Waals surface area contributed by atoms with Crippen LogP contribution in [0.25, 0.3) is 0 Å². The lowest BCUT2D eigenvalue weighted by Gasteiger charge is -2.38. The predicted octanol–water partition coefficient (Wildman–Crippen LogP) is 2.42. The summed E-state index contributed by atoms with van der Waals surface area (Å²) in [4.78, 5) is 32.2. The number of hydrogen-bond acceptors (Lipinski definition) is 4. The third kappa shape index (κ3) is 3.64. The number of carbonyl (C=O) groups excluding carboxylic acids is 1. The zero-order valence-electron chi connectivity index (χ0n) is 13.5. The molecule has 0 radical (unpaired) electrons. The molecular formula is C17H22ClN3O3. The highest BCUT2D eigenvalue weighted by Crippen LogP contribution is 2.27. The number of piperidine rings is 2. The van der Waals surface area contributed by atoms with Crippen LogP contribution in [-0.2, 0) is 9.59 Å². The number of halogens is 1. The summed E-state index contributed by atoms with van der Waals surface area (Å²) in [6.45, 7) is 2.06. The number of aromatic nitrogens is 1. The first kappa shape index (κ1) is 17.0. The molecule has 0 unspecified atom stereocenters. The summed E-state index contributed by atoms with van der Waals surface area (Å²) < 4.78 is 0. The smallest absolute Gasteiger partial charge is 0.326 e. The van der Waals surface area contributed by atoms with E-state index in [2.05, 4.69) is 9.88 Å². The van der Waals surface area contributed by atoms with E-state index in [1.807, 2.05) is 12.1 Å². The molecule has 0 aromatic carbocycles. The summed E-state index contributed by atoms with van der Waals surface area (Å²) in [5, 5.41) is 9.95. The van der Waals surface area contributed by atoms with Crippen molar-refractivity contribution in [2.24, 2.45) is 5.92 Å². The number of carbonyl (C=O) groups is 2. The summed E-state index contributed by atoms with van der Waals surface area (Å²) in [5.41, 5.74) is 0. The SMILES string of the molecule is O=C(O)[C@@H]1CCCCN1C(=O)C1CCN(c2ccc(Cl)cn2)CC1. The van der Waals surface area contributed by atoms with Gasteiger partial charge in [-0.2, -0.15) is 0 Å². The maximum atomic E-state index is 12.8. The van der Waals surface area contributed by atoms with E-state index in [4.69, 9.17) is 11.6 Å². The van der Waals surface area contributed by atoms with Gasteiger partial charge in [-0.05, 0) is 44.2 Å². The number of nitrogens with zero attached hydrogens (tertiary/aromatic N) is 3. The minimum Gasteiger partial charge on any atom is -0.480 e. The predicted molar refractivity (Wildman–Crippen MR) is 91.2 cm³/mol. The third-order valence-electron chi connectivity index (χ3n) is 4.95. The van der Waals surface area contributed by atoms with Crippen LogP contribution in [0.2, 0.25) is 5.02 Å². The average molecular weight is 352 g/mol. The van der Waals surface area contributed by atoms with Crippen LogP contribution in [0.3, 0.4) is 0 Å². The average Bonchev–Trinajstić information content (AvgIpc) is 2.62. The Morgan fingerprint density at radius 3 is 2.50 bits per heavy atom. The van der Waals surface area contributed by atoms with Crippen LogP contribution in [0, 0.1) is 5.92 Å². The van der Waals surface area contributed by atoms with Crippen molar-refractivity contribution in [2.45, 2.75) is 38.1 Å². The van der Waals surface area contributed by atoms with E-state index >= 15 is 0 Å². The number of anilines is 1. The van der Waals surface area contributed by atoms with Crippen LogP contribution < -0.4 is 4.90 Å². The van der Waals surface area contributed by atoms with E-state index in [1.165, 1.54) is 0 Å². The lowest BCUT2D eigenvalue weighted by atomic mass is 9.92. The van der Waals surface area contributed by atoms with Gasteiger partial charge in [0.05, 0.1) is 5.02 Å². The molecule has 1 amide bonds. The number of carboxylic acid groups (broad SMARTS) is 1. The second-order valence-electron chi connectivity index (χ2n) is 6.48. The van der Waals surface area contributed by atoms with E-state index < -0.39 is 12.0 Å². The largest absolute Gasteiger partial charge is 0.480 e. The van der Waals surface area contributed by atoms with Crippen molar-refractivity contribution in [3.05, 3.63) is 23.4 Å². The molecule has 130 valence electrons. The van der Waals surface area contributed by atoms with Gasteiger partial charge in [-0.3, -0.25) is 4.79 Å².